The quantitative estimate of drug-likeness (QED) is 0.720. The van der Waals surface area contributed by atoms with Crippen LogP contribution in [0.3, 0.4) is 0 Å². The van der Waals surface area contributed by atoms with Gasteiger partial charge in [-0.15, -0.1) is 21.5 Å². The molecular weight excluding hydrogens is 332 g/mol. The predicted octanol–water partition coefficient (Wildman–Crippen LogP) is 3.15. The monoisotopic (exact) mass is 354 g/mol. The van der Waals surface area contributed by atoms with Gasteiger partial charge >= 0.3 is 0 Å². The summed E-state index contributed by atoms with van der Waals surface area (Å²) in [6.07, 6.45) is 4.88. The van der Waals surface area contributed by atoms with Gasteiger partial charge in [-0.3, -0.25) is 4.90 Å². The van der Waals surface area contributed by atoms with Gasteiger partial charge in [-0.1, -0.05) is 0 Å². The lowest BCUT2D eigenvalue weighted by Crippen LogP contribution is -2.33. The van der Waals surface area contributed by atoms with Crippen molar-refractivity contribution in [2.75, 3.05) is 13.1 Å². The fourth-order valence-electron chi connectivity index (χ4n) is 3.64. The van der Waals surface area contributed by atoms with Crippen molar-refractivity contribution in [3.63, 3.8) is 0 Å². The second kappa shape index (κ2) is 6.14. The number of piperidine rings is 1. The number of nitrogens with zero attached hydrogens (tertiary/aromatic N) is 6. The number of fused-ring (bicyclic) bond motifs is 1. The zero-order valence-electron chi connectivity index (χ0n) is 14.4. The summed E-state index contributed by atoms with van der Waals surface area (Å²) in [6.45, 7) is 5.16. The highest BCUT2D eigenvalue weighted by Gasteiger charge is 2.28. The van der Waals surface area contributed by atoms with Crippen LogP contribution in [0.5, 0.6) is 0 Å². The molecule has 0 amide bonds. The Bertz CT molecular complexity index is 888. The average Bonchev–Trinajstić information content (AvgIpc) is 3.23. The molecule has 25 heavy (non-hydrogen) atoms. The van der Waals surface area contributed by atoms with E-state index in [-0.39, 0.29) is 0 Å². The standard InChI is InChI=1S/C18H22N6S/c1-12-2-5-16-20-21-17(24(16)22-12)13-6-8-23(9-7-13)10-15-11-25-18(19-15)14-3-4-14/h2,5,11,13-14H,3-4,6-10H2,1H3. The summed E-state index contributed by atoms with van der Waals surface area (Å²) in [6, 6.07) is 3.98. The highest BCUT2D eigenvalue weighted by atomic mass is 32.1. The molecule has 2 fully saturated rings. The van der Waals surface area contributed by atoms with Gasteiger partial charge in [-0.2, -0.15) is 9.61 Å². The van der Waals surface area contributed by atoms with Crippen molar-refractivity contribution in [1.82, 2.24) is 29.7 Å². The lowest BCUT2D eigenvalue weighted by molar-refractivity contribution is 0.199. The van der Waals surface area contributed by atoms with Gasteiger partial charge < -0.3 is 0 Å². The summed E-state index contributed by atoms with van der Waals surface area (Å²) < 4.78 is 1.93. The molecule has 0 spiro atoms. The van der Waals surface area contributed by atoms with Gasteiger partial charge in [0.15, 0.2) is 11.5 Å². The average molecular weight is 354 g/mol. The summed E-state index contributed by atoms with van der Waals surface area (Å²) >= 11 is 1.84. The van der Waals surface area contributed by atoms with Crippen LogP contribution in [0.2, 0.25) is 0 Å². The molecule has 3 aromatic heterocycles. The van der Waals surface area contributed by atoms with Crippen LogP contribution in [0.25, 0.3) is 5.65 Å². The molecule has 7 heteroatoms. The van der Waals surface area contributed by atoms with Crippen molar-refractivity contribution in [3.8, 4) is 0 Å². The molecule has 6 nitrogen and oxygen atoms in total. The number of likely N-dealkylation sites (tertiary alicyclic amines) is 1. The molecule has 0 bridgehead atoms. The molecule has 1 aliphatic heterocycles. The first kappa shape index (κ1) is 15.4. The smallest absolute Gasteiger partial charge is 0.177 e. The fraction of sp³-hybridized carbons (Fsp3) is 0.556. The highest BCUT2D eigenvalue weighted by molar-refractivity contribution is 7.09. The molecule has 4 heterocycles. The third-order valence-corrected chi connectivity index (χ3v) is 6.31. The van der Waals surface area contributed by atoms with Gasteiger partial charge in [0.25, 0.3) is 0 Å². The molecule has 1 aliphatic carbocycles. The first-order valence-electron chi connectivity index (χ1n) is 9.12. The predicted molar refractivity (Wildman–Crippen MR) is 96.9 cm³/mol. The van der Waals surface area contributed by atoms with Crippen LogP contribution < -0.4 is 0 Å². The van der Waals surface area contributed by atoms with Gasteiger partial charge in [-0.05, 0) is 57.8 Å². The van der Waals surface area contributed by atoms with Crippen molar-refractivity contribution >= 4 is 17.0 Å². The number of aromatic nitrogens is 5. The van der Waals surface area contributed by atoms with Crippen LogP contribution in [0, 0.1) is 6.92 Å². The van der Waals surface area contributed by atoms with Crippen molar-refractivity contribution in [3.05, 3.63) is 39.7 Å². The number of thiazole rings is 1. The Morgan fingerprint density at radius 3 is 2.72 bits per heavy atom. The Kier molecular flexibility index (Phi) is 3.78. The van der Waals surface area contributed by atoms with E-state index in [0.717, 1.165) is 55.6 Å². The SMILES string of the molecule is Cc1ccc2nnc(C3CCN(Cc4csc(C5CC5)n4)CC3)n2n1. The molecule has 0 N–H and O–H groups in total. The topological polar surface area (TPSA) is 59.2 Å². The van der Waals surface area contributed by atoms with E-state index in [4.69, 9.17) is 4.98 Å². The Balaban J connectivity index is 1.25. The van der Waals surface area contributed by atoms with Gasteiger partial charge in [0.05, 0.1) is 16.4 Å². The van der Waals surface area contributed by atoms with Crippen molar-refractivity contribution in [2.24, 2.45) is 0 Å². The summed E-state index contributed by atoms with van der Waals surface area (Å²) in [5.41, 5.74) is 3.09. The molecule has 0 unspecified atom stereocenters. The van der Waals surface area contributed by atoms with Crippen molar-refractivity contribution < 1.29 is 0 Å². The number of hydrogen-bond donors (Lipinski definition) is 0. The lowest BCUT2D eigenvalue weighted by atomic mass is 9.96. The fourth-order valence-corrected chi connectivity index (χ4v) is 4.63. The van der Waals surface area contributed by atoms with E-state index in [2.05, 4.69) is 25.6 Å². The minimum atomic E-state index is 0.443. The van der Waals surface area contributed by atoms with E-state index < -0.39 is 0 Å². The maximum absolute atomic E-state index is 4.83. The summed E-state index contributed by atoms with van der Waals surface area (Å²) in [7, 11) is 0. The second-order valence-corrected chi connectivity index (χ2v) is 8.19. The zero-order valence-corrected chi connectivity index (χ0v) is 15.2. The van der Waals surface area contributed by atoms with E-state index in [0.29, 0.717) is 5.92 Å². The zero-order chi connectivity index (χ0) is 16.8. The number of rotatable bonds is 4. The van der Waals surface area contributed by atoms with Crippen molar-refractivity contribution in [2.45, 2.75) is 51.0 Å². The molecule has 0 atom stereocenters. The van der Waals surface area contributed by atoms with E-state index in [1.54, 1.807) is 0 Å². The molecule has 5 rings (SSSR count). The maximum atomic E-state index is 4.83. The number of hydrogen-bond acceptors (Lipinski definition) is 6. The van der Waals surface area contributed by atoms with E-state index in [1.165, 1.54) is 23.5 Å². The van der Waals surface area contributed by atoms with Crippen LogP contribution in [-0.2, 0) is 6.54 Å². The molecule has 3 aromatic rings. The van der Waals surface area contributed by atoms with Crippen LogP contribution in [0.1, 0.15) is 59.7 Å². The Morgan fingerprint density at radius 2 is 1.92 bits per heavy atom. The van der Waals surface area contributed by atoms with E-state index in [9.17, 15) is 0 Å². The minimum absolute atomic E-state index is 0.443. The van der Waals surface area contributed by atoms with Crippen LogP contribution in [-0.4, -0.2) is 42.8 Å². The highest BCUT2D eigenvalue weighted by Crippen LogP contribution is 2.41. The summed E-state index contributed by atoms with van der Waals surface area (Å²) in [4.78, 5) is 7.34. The molecule has 130 valence electrons. The van der Waals surface area contributed by atoms with Crippen LogP contribution in [0.15, 0.2) is 17.5 Å². The molecule has 0 radical (unpaired) electrons. The van der Waals surface area contributed by atoms with E-state index >= 15 is 0 Å². The third-order valence-electron chi connectivity index (χ3n) is 5.25. The Morgan fingerprint density at radius 1 is 1.08 bits per heavy atom. The molecule has 2 aliphatic rings. The molecule has 0 aromatic carbocycles. The summed E-state index contributed by atoms with van der Waals surface area (Å²) in [5.74, 6) is 2.22. The Labute approximate surface area is 150 Å². The first-order chi connectivity index (χ1) is 12.3. The normalized spacial score (nSPS) is 19.7. The Hall–Kier alpha value is -1.86. The molecule has 1 saturated heterocycles. The van der Waals surface area contributed by atoms with Gasteiger partial charge in [-0.25, -0.2) is 4.98 Å². The maximum Gasteiger partial charge on any atom is 0.177 e. The van der Waals surface area contributed by atoms with E-state index in [1.807, 2.05) is 34.9 Å². The lowest BCUT2D eigenvalue weighted by Gasteiger charge is -2.30. The van der Waals surface area contributed by atoms with Gasteiger partial charge in [0.2, 0.25) is 0 Å². The summed E-state index contributed by atoms with van der Waals surface area (Å²) in [5, 5.41) is 16.9. The van der Waals surface area contributed by atoms with Gasteiger partial charge in [0, 0.05) is 23.8 Å². The largest absolute Gasteiger partial charge is 0.297 e. The molecular formula is C18H22N6S. The van der Waals surface area contributed by atoms with Crippen LogP contribution in [0.4, 0.5) is 0 Å². The van der Waals surface area contributed by atoms with Gasteiger partial charge in [0.1, 0.15) is 0 Å². The second-order valence-electron chi connectivity index (χ2n) is 7.30. The minimum Gasteiger partial charge on any atom is -0.297 e. The third kappa shape index (κ3) is 3.06. The molecule has 1 saturated carbocycles. The van der Waals surface area contributed by atoms with Crippen molar-refractivity contribution in [1.29, 1.82) is 0 Å². The number of aryl methyl sites for hydroxylation is 1. The van der Waals surface area contributed by atoms with Crippen LogP contribution >= 0.6 is 11.3 Å². The first-order valence-corrected chi connectivity index (χ1v) is 10.00.